The van der Waals surface area contributed by atoms with E-state index in [1.54, 1.807) is 4.90 Å². The normalized spacial score (nSPS) is 17.9. The summed E-state index contributed by atoms with van der Waals surface area (Å²) in [4.78, 5) is 23.0. The summed E-state index contributed by atoms with van der Waals surface area (Å²) < 4.78 is 0. The number of carbonyl (C=O) groups is 1. The predicted octanol–water partition coefficient (Wildman–Crippen LogP) is 2.54. The molecule has 1 aromatic heterocycles. The number of nitrogen functional groups attached to an aromatic ring is 1. The number of amides is 1. The lowest BCUT2D eigenvalue weighted by Crippen LogP contribution is -2.43. The van der Waals surface area contributed by atoms with Crippen LogP contribution in [0.15, 0.2) is 67.0 Å². The summed E-state index contributed by atoms with van der Waals surface area (Å²) in [5.74, 6) is -0.253. The lowest BCUT2D eigenvalue weighted by atomic mass is 9.95. The zero-order valence-corrected chi connectivity index (χ0v) is 15.5. The molecule has 0 unspecified atom stereocenters. The van der Waals surface area contributed by atoms with Gasteiger partial charge in [-0.25, -0.2) is 9.97 Å². The largest absolute Gasteiger partial charge is 0.383 e. The molecule has 0 bridgehead atoms. The first-order valence-corrected chi connectivity index (χ1v) is 9.27. The molecule has 1 atom stereocenters. The number of aromatic nitrogens is 2. The molecule has 6 heteroatoms. The summed E-state index contributed by atoms with van der Waals surface area (Å²) in [6.45, 7) is 0.508. The van der Waals surface area contributed by atoms with Gasteiger partial charge in [-0.3, -0.25) is 4.79 Å². The minimum atomic E-state index is -1.10. The van der Waals surface area contributed by atoms with Crippen LogP contribution in [0, 0.1) is 0 Å². The van der Waals surface area contributed by atoms with Crippen molar-refractivity contribution >= 4 is 11.7 Å². The highest BCUT2D eigenvalue weighted by Crippen LogP contribution is 2.37. The zero-order chi connectivity index (χ0) is 19.6. The molecule has 2 aromatic carbocycles. The molecule has 142 valence electrons. The van der Waals surface area contributed by atoms with Crippen molar-refractivity contribution in [1.29, 1.82) is 0 Å². The van der Waals surface area contributed by atoms with Crippen molar-refractivity contribution in [3.05, 3.63) is 89.4 Å². The average Bonchev–Trinajstić information content (AvgIpc) is 3.05. The quantitative estimate of drug-likeness (QED) is 0.716. The molecule has 1 aliphatic carbocycles. The minimum Gasteiger partial charge on any atom is -0.383 e. The molecule has 3 N–H and O–H groups in total. The fourth-order valence-corrected chi connectivity index (χ4v) is 3.82. The predicted molar refractivity (Wildman–Crippen MR) is 106 cm³/mol. The molecule has 28 heavy (non-hydrogen) atoms. The Kier molecular flexibility index (Phi) is 4.79. The molecular weight excluding hydrogens is 352 g/mol. The number of aliphatic hydroxyl groups is 1. The maximum Gasteiger partial charge on any atom is 0.276 e. The lowest BCUT2D eigenvalue weighted by Gasteiger charge is -2.32. The number of nitrogens with two attached hydrogens (primary N) is 1. The Morgan fingerprint density at radius 2 is 1.79 bits per heavy atom. The standard InChI is InChI=1S/C22H22N4O2/c23-20-19(24-12-13-25-20)21(27)26(14-16-6-2-1-3-7-16)15-22(28)11-10-17-8-4-5-9-18(17)22/h1-9,12-13,28H,10-11,14-15H2,(H2,23,25)/t22-/m0/s1. The number of anilines is 1. The van der Waals surface area contributed by atoms with E-state index in [9.17, 15) is 9.90 Å². The highest BCUT2D eigenvalue weighted by Gasteiger charge is 2.39. The summed E-state index contributed by atoms with van der Waals surface area (Å²) in [5.41, 5.74) is 7.86. The topological polar surface area (TPSA) is 92.3 Å². The SMILES string of the molecule is Nc1nccnc1C(=O)N(Cc1ccccc1)C[C@@]1(O)CCc2ccccc21. The van der Waals surface area contributed by atoms with E-state index in [0.717, 1.165) is 23.1 Å². The third kappa shape index (κ3) is 3.46. The summed E-state index contributed by atoms with van der Waals surface area (Å²) in [6.07, 6.45) is 4.26. The highest BCUT2D eigenvalue weighted by molar-refractivity contribution is 5.96. The summed E-state index contributed by atoms with van der Waals surface area (Å²) in [6, 6.07) is 17.5. The first kappa shape index (κ1) is 18.1. The van der Waals surface area contributed by atoms with Crippen LogP contribution >= 0.6 is 0 Å². The van der Waals surface area contributed by atoms with Crippen molar-refractivity contribution in [1.82, 2.24) is 14.9 Å². The van der Waals surface area contributed by atoms with Gasteiger partial charge in [-0.15, -0.1) is 0 Å². The smallest absolute Gasteiger partial charge is 0.276 e. The molecule has 0 spiro atoms. The van der Waals surface area contributed by atoms with Crippen LogP contribution in [0.4, 0.5) is 5.82 Å². The van der Waals surface area contributed by atoms with E-state index in [-0.39, 0.29) is 24.0 Å². The second-order valence-electron chi connectivity index (χ2n) is 7.13. The Morgan fingerprint density at radius 1 is 1.07 bits per heavy atom. The van der Waals surface area contributed by atoms with Gasteiger partial charge >= 0.3 is 0 Å². The van der Waals surface area contributed by atoms with Crippen LogP contribution in [-0.2, 0) is 18.6 Å². The van der Waals surface area contributed by atoms with E-state index >= 15 is 0 Å². The number of aryl methyl sites for hydroxylation is 1. The fourth-order valence-electron chi connectivity index (χ4n) is 3.82. The average molecular weight is 374 g/mol. The summed E-state index contributed by atoms with van der Waals surface area (Å²) in [7, 11) is 0. The summed E-state index contributed by atoms with van der Waals surface area (Å²) in [5, 5.41) is 11.4. The van der Waals surface area contributed by atoms with Crippen molar-refractivity contribution in [3.63, 3.8) is 0 Å². The van der Waals surface area contributed by atoms with Gasteiger partial charge in [0, 0.05) is 18.9 Å². The lowest BCUT2D eigenvalue weighted by molar-refractivity contribution is 0.000258. The molecule has 1 heterocycles. The molecule has 0 aliphatic heterocycles. The number of nitrogens with zero attached hydrogens (tertiary/aromatic N) is 3. The fraction of sp³-hybridized carbons (Fsp3) is 0.227. The first-order valence-electron chi connectivity index (χ1n) is 9.27. The Bertz CT molecular complexity index is 993. The van der Waals surface area contributed by atoms with Crippen LogP contribution in [0.1, 0.15) is 33.6 Å². The van der Waals surface area contributed by atoms with Gasteiger partial charge in [0.05, 0.1) is 6.54 Å². The third-order valence-electron chi connectivity index (χ3n) is 5.21. The maximum atomic E-state index is 13.2. The Labute approximate surface area is 163 Å². The monoisotopic (exact) mass is 374 g/mol. The zero-order valence-electron chi connectivity index (χ0n) is 15.5. The molecule has 6 nitrogen and oxygen atoms in total. The van der Waals surface area contributed by atoms with E-state index in [2.05, 4.69) is 9.97 Å². The molecule has 1 amide bonds. The van der Waals surface area contributed by atoms with E-state index in [0.29, 0.717) is 13.0 Å². The van der Waals surface area contributed by atoms with Crippen molar-refractivity contribution in [2.24, 2.45) is 0 Å². The van der Waals surface area contributed by atoms with Gasteiger partial charge in [-0.05, 0) is 29.5 Å². The van der Waals surface area contributed by atoms with Crippen LogP contribution in [0.5, 0.6) is 0 Å². The van der Waals surface area contributed by atoms with Crippen LogP contribution in [-0.4, -0.2) is 32.4 Å². The van der Waals surface area contributed by atoms with E-state index in [4.69, 9.17) is 5.73 Å². The number of fused-ring (bicyclic) bond motifs is 1. The second kappa shape index (κ2) is 7.40. The molecule has 0 radical (unpaired) electrons. The van der Waals surface area contributed by atoms with Crippen LogP contribution in [0.2, 0.25) is 0 Å². The van der Waals surface area contributed by atoms with Gasteiger partial charge in [0.1, 0.15) is 5.60 Å². The molecule has 4 rings (SSSR count). The Hall–Kier alpha value is -3.25. The highest BCUT2D eigenvalue weighted by atomic mass is 16.3. The molecule has 0 saturated carbocycles. The first-order chi connectivity index (χ1) is 13.6. The molecule has 0 fully saturated rings. The Balaban J connectivity index is 1.68. The number of hydrogen-bond acceptors (Lipinski definition) is 5. The van der Waals surface area contributed by atoms with Crippen molar-refractivity contribution in [2.75, 3.05) is 12.3 Å². The minimum absolute atomic E-state index is 0.0874. The van der Waals surface area contributed by atoms with Crippen LogP contribution in [0.3, 0.4) is 0 Å². The van der Waals surface area contributed by atoms with E-state index in [1.807, 2.05) is 54.6 Å². The maximum absolute atomic E-state index is 13.2. The summed E-state index contributed by atoms with van der Waals surface area (Å²) >= 11 is 0. The van der Waals surface area contributed by atoms with Crippen molar-refractivity contribution in [3.8, 4) is 0 Å². The van der Waals surface area contributed by atoms with Crippen LogP contribution < -0.4 is 5.73 Å². The molecule has 0 saturated heterocycles. The van der Waals surface area contributed by atoms with Gasteiger partial charge in [-0.1, -0.05) is 54.6 Å². The van der Waals surface area contributed by atoms with Crippen LogP contribution in [0.25, 0.3) is 0 Å². The van der Waals surface area contributed by atoms with Crippen molar-refractivity contribution < 1.29 is 9.90 Å². The number of benzene rings is 2. The number of carbonyl (C=O) groups excluding carboxylic acids is 1. The van der Waals surface area contributed by atoms with Gasteiger partial charge in [0.2, 0.25) is 0 Å². The Morgan fingerprint density at radius 3 is 2.57 bits per heavy atom. The van der Waals surface area contributed by atoms with Crippen molar-refractivity contribution in [2.45, 2.75) is 25.0 Å². The van der Waals surface area contributed by atoms with Gasteiger partial charge in [-0.2, -0.15) is 0 Å². The van der Waals surface area contributed by atoms with E-state index < -0.39 is 5.60 Å². The third-order valence-corrected chi connectivity index (χ3v) is 5.21. The molecule has 3 aromatic rings. The molecular formula is C22H22N4O2. The molecule has 1 aliphatic rings. The van der Waals surface area contributed by atoms with Gasteiger partial charge in [0.15, 0.2) is 11.5 Å². The number of hydrogen-bond donors (Lipinski definition) is 2. The second-order valence-corrected chi connectivity index (χ2v) is 7.13. The van der Waals surface area contributed by atoms with Gasteiger partial charge < -0.3 is 15.7 Å². The number of rotatable bonds is 5. The van der Waals surface area contributed by atoms with Gasteiger partial charge in [0.25, 0.3) is 5.91 Å². The van der Waals surface area contributed by atoms with E-state index in [1.165, 1.54) is 12.4 Å².